The number of benzene rings is 1. The quantitative estimate of drug-likeness (QED) is 0.836. The highest BCUT2D eigenvalue weighted by molar-refractivity contribution is 6.09. The summed E-state index contributed by atoms with van der Waals surface area (Å²) in [5, 5.41) is 10.8. The second kappa shape index (κ2) is 5.74. The van der Waals surface area contributed by atoms with Crippen molar-refractivity contribution in [3.63, 3.8) is 0 Å². The molecular formula is C19H20N2O4. The van der Waals surface area contributed by atoms with Crippen molar-refractivity contribution < 1.29 is 19.4 Å². The molecule has 2 aliphatic rings. The molecule has 0 saturated carbocycles. The number of carbonyl (C=O) groups is 2. The minimum Gasteiger partial charge on any atom is -0.481 e. The Bertz CT molecular complexity index is 911. The second-order valence-electron chi connectivity index (χ2n) is 6.64. The normalized spacial score (nSPS) is 22.8. The Labute approximate surface area is 145 Å². The number of hydrogen-bond acceptors (Lipinski definition) is 4. The lowest BCUT2D eigenvalue weighted by Crippen LogP contribution is -2.48. The molecule has 2 unspecified atom stereocenters. The number of rotatable bonds is 3. The monoisotopic (exact) mass is 340 g/mol. The molecule has 2 atom stereocenters. The van der Waals surface area contributed by atoms with Gasteiger partial charge in [0.1, 0.15) is 5.92 Å². The average molecular weight is 340 g/mol. The molecule has 4 rings (SSSR count). The first-order valence-corrected chi connectivity index (χ1v) is 8.46. The summed E-state index contributed by atoms with van der Waals surface area (Å²) in [4.78, 5) is 29.8. The van der Waals surface area contributed by atoms with Crippen LogP contribution in [0.1, 0.15) is 18.1 Å². The van der Waals surface area contributed by atoms with Crippen LogP contribution in [0.25, 0.3) is 16.5 Å². The number of H-pyrrole nitrogens is 1. The van der Waals surface area contributed by atoms with E-state index >= 15 is 0 Å². The van der Waals surface area contributed by atoms with Gasteiger partial charge in [-0.15, -0.1) is 0 Å². The minimum atomic E-state index is -0.993. The van der Waals surface area contributed by atoms with E-state index in [1.807, 2.05) is 36.3 Å². The number of carboxylic acids is 1. The van der Waals surface area contributed by atoms with Gasteiger partial charge in [-0.3, -0.25) is 9.69 Å². The van der Waals surface area contributed by atoms with Crippen molar-refractivity contribution in [2.24, 2.45) is 5.92 Å². The van der Waals surface area contributed by atoms with Gasteiger partial charge in [-0.05, 0) is 43.2 Å². The molecule has 0 spiro atoms. The highest BCUT2D eigenvalue weighted by atomic mass is 16.5. The summed E-state index contributed by atoms with van der Waals surface area (Å²) < 4.78 is 5.22. The number of hydrogen-bond donors (Lipinski definition) is 2. The van der Waals surface area contributed by atoms with E-state index in [1.165, 1.54) is 5.56 Å². The molecule has 0 fully saturated rings. The standard InChI is InChI=1S/C19H20N2O4/c1-3-25-19(24)17-12(18(22)23)9-21(2)14-7-10-8-20-13-6-4-5-11(15(10)13)16(14)17/h4-6,8,12,14,20H,3,7,9H2,1-2H3,(H,22,23). The van der Waals surface area contributed by atoms with E-state index in [0.29, 0.717) is 12.1 Å². The summed E-state index contributed by atoms with van der Waals surface area (Å²) in [6.07, 6.45) is 2.75. The van der Waals surface area contributed by atoms with Crippen molar-refractivity contribution in [1.29, 1.82) is 0 Å². The number of nitrogens with one attached hydrogen (secondary N) is 1. The first-order valence-electron chi connectivity index (χ1n) is 8.46. The molecule has 2 heterocycles. The molecule has 1 aliphatic carbocycles. The van der Waals surface area contributed by atoms with Gasteiger partial charge in [-0.1, -0.05) is 12.1 Å². The topological polar surface area (TPSA) is 82.6 Å². The van der Waals surface area contributed by atoms with Gasteiger partial charge in [0, 0.05) is 29.7 Å². The summed E-state index contributed by atoms with van der Waals surface area (Å²) >= 11 is 0. The molecule has 25 heavy (non-hydrogen) atoms. The predicted molar refractivity (Wildman–Crippen MR) is 93.1 cm³/mol. The Morgan fingerprint density at radius 1 is 1.40 bits per heavy atom. The second-order valence-corrected chi connectivity index (χ2v) is 6.64. The minimum absolute atomic E-state index is 0.0242. The number of aliphatic carboxylic acids is 1. The molecule has 1 aromatic carbocycles. The van der Waals surface area contributed by atoms with Crippen LogP contribution in [0.4, 0.5) is 0 Å². The van der Waals surface area contributed by atoms with Crippen LogP contribution < -0.4 is 0 Å². The van der Waals surface area contributed by atoms with Crippen LogP contribution in [-0.4, -0.2) is 53.2 Å². The van der Waals surface area contributed by atoms with Gasteiger partial charge in [-0.2, -0.15) is 0 Å². The molecule has 2 N–H and O–H groups in total. The van der Waals surface area contributed by atoms with Crippen molar-refractivity contribution in [3.8, 4) is 0 Å². The molecule has 1 aliphatic heterocycles. The van der Waals surface area contributed by atoms with E-state index < -0.39 is 17.9 Å². The van der Waals surface area contributed by atoms with Crippen LogP contribution in [0.15, 0.2) is 30.0 Å². The number of ether oxygens (including phenoxy) is 1. The van der Waals surface area contributed by atoms with Gasteiger partial charge >= 0.3 is 11.9 Å². The van der Waals surface area contributed by atoms with Crippen LogP contribution in [0.5, 0.6) is 0 Å². The Kier molecular flexibility index (Phi) is 3.65. The fourth-order valence-electron chi connectivity index (χ4n) is 4.19. The third kappa shape index (κ3) is 2.28. The molecular weight excluding hydrogens is 320 g/mol. The maximum atomic E-state index is 12.7. The van der Waals surface area contributed by atoms with Crippen LogP contribution in [-0.2, 0) is 20.7 Å². The van der Waals surface area contributed by atoms with E-state index in [9.17, 15) is 14.7 Å². The van der Waals surface area contributed by atoms with Gasteiger partial charge in [0.2, 0.25) is 0 Å². The van der Waals surface area contributed by atoms with E-state index in [-0.39, 0.29) is 12.6 Å². The number of fused-ring (bicyclic) bond motifs is 2. The molecule has 6 heteroatoms. The third-order valence-electron chi connectivity index (χ3n) is 5.26. The molecule has 0 radical (unpaired) electrons. The SMILES string of the molecule is CCOC(=O)C1=C2c3cccc4[nH]cc(c34)CC2N(C)CC1C(=O)O. The fourth-order valence-corrected chi connectivity index (χ4v) is 4.19. The molecule has 0 bridgehead atoms. The highest BCUT2D eigenvalue weighted by Gasteiger charge is 2.43. The number of esters is 1. The third-order valence-corrected chi connectivity index (χ3v) is 5.26. The van der Waals surface area contributed by atoms with Crippen LogP contribution in [0.2, 0.25) is 0 Å². The summed E-state index contributed by atoms with van der Waals surface area (Å²) in [6.45, 7) is 2.26. The zero-order valence-corrected chi connectivity index (χ0v) is 14.2. The fraction of sp³-hybridized carbons (Fsp3) is 0.368. The van der Waals surface area contributed by atoms with Crippen molar-refractivity contribution >= 4 is 28.4 Å². The molecule has 1 aromatic heterocycles. The summed E-state index contributed by atoms with van der Waals surface area (Å²) in [5.41, 5.74) is 4.24. The zero-order valence-electron chi connectivity index (χ0n) is 14.2. The van der Waals surface area contributed by atoms with Gasteiger partial charge in [0.05, 0.1) is 12.2 Å². The number of aromatic nitrogens is 1. The van der Waals surface area contributed by atoms with E-state index in [0.717, 1.165) is 28.5 Å². The average Bonchev–Trinajstić information content (AvgIpc) is 3.00. The van der Waals surface area contributed by atoms with Crippen molar-refractivity contribution in [2.45, 2.75) is 19.4 Å². The van der Waals surface area contributed by atoms with Crippen LogP contribution in [0.3, 0.4) is 0 Å². The lowest BCUT2D eigenvalue weighted by atomic mass is 9.75. The maximum absolute atomic E-state index is 12.7. The number of carboxylic acid groups (broad SMARTS) is 1. The largest absolute Gasteiger partial charge is 0.481 e. The smallest absolute Gasteiger partial charge is 0.335 e. The number of nitrogens with zero attached hydrogens (tertiary/aromatic N) is 1. The van der Waals surface area contributed by atoms with E-state index in [1.54, 1.807) is 6.92 Å². The molecule has 2 aromatic rings. The Morgan fingerprint density at radius 2 is 2.20 bits per heavy atom. The Balaban J connectivity index is 2.03. The number of aromatic amines is 1. The van der Waals surface area contributed by atoms with Crippen molar-refractivity contribution in [3.05, 3.63) is 41.1 Å². The number of carbonyl (C=O) groups excluding carboxylic acids is 1. The zero-order chi connectivity index (χ0) is 17.7. The summed E-state index contributed by atoms with van der Waals surface area (Å²) in [7, 11) is 1.92. The first-order chi connectivity index (χ1) is 12.0. The van der Waals surface area contributed by atoms with Gasteiger partial charge < -0.3 is 14.8 Å². The Hall–Kier alpha value is -2.60. The van der Waals surface area contributed by atoms with Crippen LogP contribution >= 0.6 is 0 Å². The molecule has 130 valence electrons. The number of likely N-dealkylation sites (N-methyl/N-ethyl adjacent to an activating group) is 1. The summed E-state index contributed by atoms with van der Waals surface area (Å²) in [6, 6.07) is 5.87. The molecule has 0 saturated heterocycles. The van der Waals surface area contributed by atoms with Gasteiger partial charge in [0.25, 0.3) is 0 Å². The van der Waals surface area contributed by atoms with Crippen molar-refractivity contribution in [1.82, 2.24) is 9.88 Å². The van der Waals surface area contributed by atoms with Gasteiger partial charge in [0.15, 0.2) is 0 Å². The molecule has 6 nitrogen and oxygen atoms in total. The molecule has 0 amide bonds. The maximum Gasteiger partial charge on any atom is 0.335 e. The van der Waals surface area contributed by atoms with E-state index in [2.05, 4.69) is 4.98 Å². The summed E-state index contributed by atoms with van der Waals surface area (Å²) in [5.74, 6) is -2.39. The highest BCUT2D eigenvalue weighted by Crippen LogP contribution is 2.44. The van der Waals surface area contributed by atoms with Gasteiger partial charge in [-0.25, -0.2) is 4.79 Å². The van der Waals surface area contributed by atoms with E-state index in [4.69, 9.17) is 4.74 Å². The Morgan fingerprint density at radius 3 is 2.92 bits per heavy atom. The predicted octanol–water partition coefficient (Wildman–Crippen LogP) is 2.06. The first kappa shape index (κ1) is 15.9. The lowest BCUT2D eigenvalue weighted by molar-refractivity contribution is -0.146. The lowest BCUT2D eigenvalue weighted by Gasteiger charge is -2.41. The van der Waals surface area contributed by atoms with Crippen LogP contribution in [0, 0.1) is 5.92 Å². The van der Waals surface area contributed by atoms with Crippen molar-refractivity contribution in [2.75, 3.05) is 20.2 Å².